The zero-order valence-corrected chi connectivity index (χ0v) is 19.8. The number of fused-ring (bicyclic) bond motifs is 1. The van der Waals surface area contributed by atoms with Gasteiger partial charge in [-0.1, -0.05) is 6.07 Å². The molecule has 0 aliphatic heterocycles. The van der Waals surface area contributed by atoms with Crippen LogP contribution >= 0.6 is 0 Å². The molecule has 1 aromatic carbocycles. The molecule has 37 heavy (non-hydrogen) atoms. The number of pyridine rings is 2. The number of nitrogens with one attached hydrogen (secondary N) is 2. The third kappa shape index (κ3) is 5.25. The second kappa shape index (κ2) is 9.23. The minimum atomic E-state index is -4.65. The standard InChI is InChI=1S/C26H21F3N6O2/c1-13-3-6-18(33-24(37)16-7-8-30-21(10-16)26(27,28)29)11-19(13)20-9-17-12-31-25(34-22(17)32-14(20)2)35-23(36)15-4-5-15/h3,6-12,15H,4-5H2,1-2H3,(H,33,37)(H,31,32,34,35,36). The van der Waals surface area contributed by atoms with Crippen molar-refractivity contribution in [2.45, 2.75) is 32.9 Å². The molecule has 1 aliphatic rings. The van der Waals surface area contributed by atoms with Crippen LogP contribution in [0.4, 0.5) is 24.8 Å². The predicted octanol–water partition coefficient (Wildman–Crippen LogP) is 5.32. The first-order chi connectivity index (χ1) is 17.6. The smallest absolute Gasteiger partial charge is 0.322 e. The van der Waals surface area contributed by atoms with Crippen LogP contribution in [0, 0.1) is 19.8 Å². The van der Waals surface area contributed by atoms with Crippen LogP contribution in [0.15, 0.2) is 48.8 Å². The van der Waals surface area contributed by atoms with Crippen LogP contribution in [0.2, 0.25) is 0 Å². The lowest BCUT2D eigenvalue weighted by Crippen LogP contribution is -2.15. The maximum Gasteiger partial charge on any atom is 0.433 e. The summed E-state index contributed by atoms with van der Waals surface area (Å²) in [5.74, 6) is -0.555. The normalized spacial score (nSPS) is 13.4. The Morgan fingerprint density at radius 2 is 1.73 bits per heavy atom. The molecule has 0 saturated heterocycles. The molecule has 1 saturated carbocycles. The summed E-state index contributed by atoms with van der Waals surface area (Å²) in [6.45, 7) is 3.72. The Labute approximate surface area is 209 Å². The van der Waals surface area contributed by atoms with Gasteiger partial charge in [0.15, 0.2) is 5.65 Å². The summed E-state index contributed by atoms with van der Waals surface area (Å²) in [5, 5.41) is 6.03. The third-order valence-corrected chi connectivity index (χ3v) is 6.04. The van der Waals surface area contributed by atoms with E-state index in [2.05, 4.69) is 30.6 Å². The van der Waals surface area contributed by atoms with Gasteiger partial charge >= 0.3 is 6.18 Å². The van der Waals surface area contributed by atoms with Crippen molar-refractivity contribution in [3.05, 3.63) is 71.3 Å². The summed E-state index contributed by atoms with van der Waals surface area (Å²) in [6, 6.07) is 9.01. The summed E-state index contributed by atoms with van der Waals surface area (Å²) in [6.07, 6.45) is -0.371. The van der Waals surface area contributed by atoms with Gasteiger partial charge in [0.1, 0.15) is 5.69 Å². The maximum absolute atomic E-state index is 13.0. The molecule has 1 fully saturated rings. The van der Waals surface area contributed by atoms with Crippen molar-refractivity contribution >= 4 is 34.5 Å². The molecule has 11 heteroatoms. The molecule has 3 heterocycles. The average Bonchev–Trinajstić information content (AvgIpc) is 3.70. The molecule has 4 aromatic rings. The topological polar surface area (TPSA) is 110 Å². The summed E-state index contributed by atoms with van der Waals surface area (Å²) < 4.78 is 38.9. The maximum atomic E-state index is 13.0. The van der Waals surface area contributed by atoms with Crippen LogP contribution in [0.5, 0.6) is 0 Å². The number of aryl methyl sites for hydroxylation is 2. The Balaban J connectivity index is 1.42. The first kappa shape index (κ1) is 24.3. The highest BCUT2D eigenvalue weighted by Crippen LogP contribution is 2.32. The highest BCUT2D eigenvalue weighted by molar-refractivity contribution is 6.04. The summed E-state index contributed by atoms with van der Waals surface area (Å²) in [7, 11) is 0. The molecule has 2 N–H and O–H groups in total. The van der Waals surface area contributed by atoms with Crippen LogP contribution in [0.3, 0.4) is 0 Å². The summed E-state index contributed by atoms with van der Waals surface area (Å²) in [5.41, 5.74) is 2.67. The number of aromatic nitrogens is 4. The number of carbonyl (C=O) groups is 2. The number of amides is 2. The molecule has 0 bridgehead atoms. The van der Waals surface area contributed by atoms with Crippen molar-refractivity contribution in [3.8, 4) is 11.1 Å². The largest absolute Gasteiger partial charge is 0.433 e. The van der Waals surface area contributed by atoms with Crippen LogP contribution in [0.1, 0.15) is 40.2 Å². The molecule has 0 spiro atoms. The lowest BCUT2D eigenvalue weighted by molar-refractivity contribution is -0.141. The van der Waals surface area contributed by atoms with E-state index in [-0.39, 0.29) is 23.3 Å². The van der Waals surface area contributed by atoms with E-state index >= 15 is 0 Å². The highest BCUT2D eigenvalue weighted by Gasteiger charge is 2.33. The molecule has 2 amide bonds. The van der Waals surface area contributed by atoms with Gasteiger partial charge in [0.2, 0.25) is 11.9 Å². The second-order valence-corrected chi connectivity index (χ2v) is 8.90. The fourth-order valence-corrected chi connectivity index (χ4v) is 3.86. The number of hydrogen-bond donors (Lipinski definition) is 2. The Morgan fingerprint density at radius 3 is 2.46 bits per heavy atom. The van der Waals surface area contributed by atoms with E-state index in [0.717, 1.165) is 35.7 Å². The molecular formula is C26H21F3N6O2. The monoisotopic (exact) mass is 506 g/mol. The fraction of sp³-hybridized carbons (Fsp3) is 0.231. The Hall–Kier alpha value is -4.41. The van der Waals surface area contributed by atoms with Crippen molar-refractivity contribution in [2.75, 3.05) is 10.6 Å². The van der Waals surface area contributed by atoms with E-state index in [1.807, 2.05) is 19.9 Å². The van der Waals surface area contributed by atoms with E-state index in [9.17, 15) is 22.8 Å². The van der Waals surface area contributed by atoms with Gasteiger partial charge in [0.05, 0.1) is 0 Å². The number of carbonyl (C=O) groups excluding carboxylic acids is 2. The van der Waals surface area contributed by atoms with E-state index < -0.39 is 17.8 Å². The molecule has 0 atom stereocenters. The van der Waals surface area contributed by atoms with Gasteiger partial charge < -0.3 is 5.32 Å². The first-order valence-electron chi connectivity index (χ1n) is 11.5. The molecular weight excluding hydrogens is 485 g/mol. The first-order valence-corrected chi connectivity index (χ1v) is 11.5. The number of alkyl halides is 3. The van der Waals surface area contributed by atoms with Crippen molar-refractivity contribution in [1.29, 1.82) is 0 Å². The molecule has 188 valence electrons. The Kier molecular flexibility index (Phi) is 6.06. The molecule has 1 aliphatic carbocycles. The quantitative estimate of drug-likeness (QED) is 0.379. The van der Waals surface area contributed by atoms with Gasteiger partial charge in [-0.25, -0.2) is 9.97 Å². The molecule has 5 rings (SSSR count). The van der Waals surface area contributed by atoms with Gasteiger partial charge in [-0.15, -0.1) is 0 Å². The van der Waals surface area contributed by atoms with Crippen molar-refractivity contribution in [2.24, 2.45) is 5.92 Å². The van der Waals surface area contributed by atoms with Crippen LogP contribution in [-0.2, 0) is 11.0 Å². The summed E-state index contributed by atoms with van der Waals surface area (Å²) >= 11 is 0. The predicted molar refractivity (Wildman–Crippen MR) is 131 cm³/mol. The zero-order chi connectivity index (χ0) is 26.3. The Morgan fingerprint density at radius 1 is 0.946 bits per heavy atom. The number of rotatable bonds is 5. The number of nitrogens with zero attached hydrogens (tertiary/aromatic N) is 4. The van der Waals surface area contributed by atoms with Crippen LogP contribution < -0.4 is 10.6 Å². The fourth-order valence-electron chi connectivity index (χ4n) is 3.86. The molecule has 0 unspecified atom stereocenters. The van der Waals surface area contributed by atoms with Gasteiger partial charge in [0, 0.05) is 46.2 Å². The van der Waals surface area contributed by atoms with Gasteiger partial charge in [-0.2, -0.15) is 18.2 Å². The number of anilines is 2. The van der Waals surface area contributed by atoms with E-state index in [0.29, 0.717) is 28.5 Å². The minimum absolute atomic E-state index is 0.0253. The van der Waals surface area contributed by atoms with Gasteiger partial charge in [0.25, 0.3) is 5.91 Å². The SMILES string of the molecule is Cc1ccc(NC(=O)c2ccnc(C(F)(F)F)c2)cc1-c1cc2cnc(NC(=O)C3CC3)nc2nc1C. The Bertz CT molecular complexity index is 1550. The lowest BCUT2D eigenvalue weighted by Gasteiger charge is -2.14. The molecule has 0 radical (unpaired) electrons. The molecule has 8 nitrogen and oxygen atoms in total. The van der Waals surface area contributed by atoms with E-state index in [4.69, 9.17) is 0 Å². The number of hydrogen-bond acceptors (Lipinski definition) is 6. The van der Waals surface area contributed by atoms with E-state index in [1.165, 1.54) is 6.07 Å². The third-order valence-electron chi connectivity index (χ3n) is 6.04. The highest BCUT2D eigenvalue weighted by atomic mass is 19.4. The van der Waals surface area contributed by atoms with Crippen molar-refractivity contribution in [3.63, 3.8) is 0 Å². The lowest BCUT2D eigenvalue weighted by atomic mass is 9.98. The summed E-state index contributed by atoms with van der Waals surface area (Å²) in [4.78, 5) is 41.1. The zero-order valence-electron chi connectivity index (χ0n) is 19.8. The number of halogens is 3. The van der Waals surface area contributed by atoms with Crippen molar-refractivity contribution in [1.82, 2.24) is 19.9 Å². The van der Waals surface area contributed by atoms with Gasteiger partial charge in [-0.05, 0) is 68.1 Å². The van der Waals surface area contributed by atoms with Crippen LogP contribution in [-0.4, -0.2) is 31.8 Å². The molecule has 3 aromatic heterocycles. The average molecular weight is 506 g/mol. The van der Waals surface area contributed by atoms with Crippen LogP contribution in [0.25, 0.3) is 22.2 Å². The second-order valence-electron chi connectivity index (χ2n) is 8.90. The number of benzene rings is 1. The van der Waals surface area contributed by atoms with Gasteiger partial charge in [-0.3, -0.25) is 19.9 Å². The van der Waals surface area contributed by atoms with E-state index in [1.54, 1.807) is 24.4 Å². The van der Waals surface area contributed by atoms with Crippen molar-refractivity contribution < 1.29 is 22.8 Å². The minimum Gasteiger partial charge on any atom is -0.322 e.